The maximum absolute atomic E-state index is 13.3. The SMILES string of the molecule is C=CCC(CC=C)NCc1ccc2c(c1)OCCC2NC(=O)CC(NS(=O)(=O)c1cccc(C(F)(F)F)c1)c1ccccc1. The van der Waals surface area contributed by atoms with E-state index in [1.54, 1.807) is 30.3 Å². The maximum atomic E-state index is 13.3. The molecular formula is C33H36F3N3O4S. The molecule has 4 rings (SSSR count). The molecule has 3 aromatic carbocycles. The van der Waals surface area contributed by atoms with Gasteiger partial charge in [0.1, 0.15) is 5.75 Å². The van der Waals surface area contributed by atoms with Crippen molar-refractivity contribution in [3.05, 3.63) is 120 Å². The van der Waals surface area contributed by atoms with E-state index in [9.17, 15) is 26.4 Å². The maximum Gasteiger partial charge on any atom is 0.416 e. The van der Waals surface area contributed by atoms with Crippen molar-refractivity contribution in [3.63, 3.8) is 0 Å². The van der Waals surface area contributed by atoms with Crippen LogP contribution in [0.1, 0.15) is 60.0 Å². The normalized spacial score (nSPS) is 15.6. The van der Waals surface area contributed by atoms with Crippen molar-refractivity contribution >= 4 is 15.9 Å². The van der Waals surface area contributed by atoms with Gasteiger partial charge >= 0.3 is 6.18 Å². The molecule has 0 aliphatic carbocycles. The number of sulfonamides is 1. The minimum Gasteiger partial charge on any atom is -0.493 e. The molecule has 1 heterocycles. The van der Waals surface area contributed by atoms with Gasteiger partial charge in [-0.25, -0.2) is 13.1 Å². The second-order valence-electron chi connectivity index (χ2n) is 10.6. The van der Waals surface area contributed by atoms with Gasteiger partial charge < -0.3 is 15.4 Å². The van der Waals surface area contributed by atoms with Crippen molar-refractivity contribution in [1.82, 2.24) is 15.4 Å². The van der Waals surface area contributed by atoms with Gasteiger partial charge in [-0.05, 0) is 48.2 Å². The van der Waals surface area contributed by atoms with Crippen LogP contribution in [0.2, 0.25) is 0 Å². The van der Waals surface area contributed by atoms with Crippen molar-refractivity contribution < 1.29 is 31.1 Å². The Balaban J connectivity index is 1.48. The van der Waals surface area contributed by atoms with Gasteiger partial charge in [-0.3, -0.25) is 4.79 Å². The number of benzene rings is 3. The van der Waals surface area contributed by atoms with Gasteiger partial charge in [0.2, 0.25) is 15.9 Å². The summed E-state index contributed by atoms with van der Waals surface area (Å²) in [5.74, 6) is 0.237. The Morgan fingerprint density at radius 3 is 2.41 bits per heavy atom. The molecule has 7 nitrogen and oxygen atoms in total. The van der Waals surface area contributed by atoms with Crippen LogP contribution in [-0.4, -0.2) is 27.0 Å². The topological polar surface area (TPSA) is 96.5 Å². The molecule has 1 aliphatic heterocycles. The molecule has 1 amide bonds. The molecule has 11 heteroatoms. The number of amides is 1. The Morgan fingerprint density at radius 2 is 1.73 bits per heavy atom. The fourth-order valence-electron chi connectivity index (χ4n) is 5.07. The van der Waals surface area contributed by atoms with E-state index in [0.29, 0.717) is 37.0 Å². The van der Waals surface area contributed by atoms with E-state index < -0.39 is 38.6 Å². The highest BCUT2D eigenvalue weighted by molar-refractivity contribution is 7.89. The van der Waals surface area contributed by atoms with Crippen molar-refractivity contribution in [2.45, 2.75) is 61.4 Å². The minimum absolute atomic E-state index is 0.220. The van der Waals surface area contributed by atoms with Crippen LogP contribution >= 0.6 is 0 Å². The standard InChI is InChI=1S/C33H36F3N3O4S/c1-3-9-26(10-4-2)37-22-23-15-16-28-29(17-18-43-31(28)19-23)38-32(40)21-30(24-11-6-5-7-12-24)39-44(41,42)27-14-8-13-25(20-27)33(34,35)36/h3-8,11-16,19-20,26,29-30,37,39H,1-2,9-10,17-18,21-22H2,(H,38,40). The second-order valence-corrected chi connectivity index (χ2v) is 12.3. The molecule has 0 aromatic heterocycles. The van der Waals surface area contributed by atoms with Crippen LogP contribution in [0.4, 0.5) is 13.2 Å². The van der Waals surface area contributed by atoms with Gasteiger partial charge in [0, 0.05) is 31.0 Å². The Bertz CT molecular complexity index is 1550. The number of carbonyl (C=O) groups excluding carboxylic acids is 1. The third-order valence-corrected chi connectivity index (χ3v) is 8.78. The molecule has 2 unspecified atom stereocenters. The lowest BCUT2D eigenvalue weighted by Gasteiger charge is -2.28. The third-order valence-electron chi connectivity index (χ3n) is 7.31. The van der Waals surface area contributed by atoms with E-state index >= 15 is 0 Å². The molecular weight excluding hydrogens is 591 g/mol. The summed E-state index contributed by atoms with van der Waals surface area (Å²) in [5, 5.41) is 6.48. The predicted molar refractivity (Wildman–Crippen MR) is 163 cm³/mol. The molecule has 2 atom stereocenters. The molecule has 0 spiro atoms. The van der Waals surface area contributed by atoms with Gasteiger partial charge in [0.15, 0.2) is 0 Å². The molecule has 0 saturated carbocycles. The number of halogens is 3. The lowest BCUT2D eigenvalue weighted by molar-refractivity contribution is -0.137. The van der Waals surface area contributed by atoms with Gasteiger partial charge in [0.25, 0.3) is 0 Å². The lowest BCUT2D eigenvalue weighted by Crippen LogP contribution is -2.36. The van der Waals surface area contributed by atoms with Crippen LogP contribution in [0.15, 0.2) is 103 Å². The molecule has 3 aromatic rings. The number of hydrogen-bond acceptors (Lipinski definition) is 5. The number of alkyl halides is 3. The summed E-state index contributed by atoms with van der Waals surface area (Å²) in [6.45, 7) is 8.61. The minimum atomic E-state index is -4.71. The first-order valence-corrected chi connectivity index (χ1v) is 15.7. The summed E-state index contributed by atoms with van der Waals surface area (Å²) in [5.41, 5.74) is 1.23. The van der Waals surface area contributed by atoms with Gasteiger partial charge in [0.05, 0.1) is 29.1 Å². The molecule has 0 fully saturated rings. The van der Waals surface area contributed by atoms with Crippen LogP contribution < -0.4 is 20.1 Å². The first kappa shape index (κ1) is 33.0. The highest BCUT2D eigenvalue weighted by Gasteiger charge is 2.33. The summed E-state index contributed by atoms with van der Waals surface area (Å²) < 4.78 is 74.5. The van der Waals surface area contributed by atoms with E-state index in [2.05, 4.69) is 28.5 Å². The number of hydrogen-bond donors (Lipinski definition) is 3. The Kier molecular flexibility index (Phi) is 11.0. The first-order valence-electron chi connectivity index (χ1n) is 14.2. The predicted octanol–water partition coefficient (Wildman–Crippen LogP) is 6.37. The van der Waals surface area contributed by atoms with Crippen molar-refractivity contribution in [1.29, 1.82) is 0 Å². The Hall–Kier alpha value is -3.93. The first-order chi connectivity index (χ1) is 21.0. The zero-order valence-corrected chi connectivity index (χ0v) is 25.0. The van der Waals surface area contributed by atoms with Crippen molar-refractivity contribution in [3.8, 4) is 5.75 Å². The summed E-state index contributed by atoms with van der Waals surface area (Å²) >= 11 is 0. The van der Waals surface area contributed by atoms with Gasteiger partial charge in [-0.1, -0.05) is 60.7 Å². The van der Waals surface area contributed by atoms with E-state index in [1.807, 2.05) is 30.4 Å². The van der Waals surface area contributed by atoms with Gasteiger partial charge in [-0.15, -0.1) is 13.2 Å². The fraction of sp³-hybridized carbons (Fsp3) is 0.303. The van der Waals surface area contributed by atoms with Crippen LogP contribution in [0.5, 0.6) is 5.75 Å². The quantitative estimate of drug-likeness (QED) is 0.181. The van der Waals surface area contributed by atoms with Crippen LogP contribution in [0.3, 0.4) is 0 Å². The number of fused-ring (bicyclic) bond motifs is 1. The van der Waals surface area contributed by atoms with Crippen LogP contribution in [-0.2, 0) is 27.5 Å². The van der Waals surface area contributed by atoms with Crippen molar-refractivity contribution in [2.24, 2.45) is 0 Å². The largest absolute Gasteiger partial charge is 0.493 e. The average molecular weight is 628 g/mol. The third kappa shape index (κ3) is 8.81. The molecule has 0 saturated heterocycles. The molecule has 234 valence electrons. The van der Waals surface area contributed by atoms with Crippen LogP contribution in [0, 0.1) is 0 Å². The van der Waals surface area contributed by atoms with E-state index in [1.165, 1.54) is 0 Å². The smallest absolute Gasteiger partial charge is 0.416 e. The number of ether oxygens (including phenoxy) is 1. The summed E-state index contributed by atoms with van der Waals surface area (Å²) in [7, 11) is -4.41. The Labute approximate surface area is 256 Å². The number of nitrogens with one attached hydrogen (secondary N) is 3. The zero-order chi connectivity index (χ0) is 31.7. The highest BCUT2D eigenvalue weighted by Crippen LogP contribution is 2.34. The van der Waals surface area contributed by atoms with E-state index in [0.717, 1.165) is 42.2 Å². The zero-order valence-electron chi connectivity index (χ0n) is 24.1. The van der Waals surface area contributed by atoms with Gasteiger partial charge in [-0.2, -0.15) is 13.2 Å². The molecule has 3 N–H and O–H groups in total. The van der Waals surface area contributed by atoms with Crippen LogP contribution in [0.25, 0.3) is 0 Å². The monoisotopic (exact) mass is 627 g/mol. The van der Waals surface area contributed by atoms with E-state index in [-0.39, 0.29) is 18.5 Å². The molecule has 44 heavy (non-hydrogen) atoms. The van der Waals surface area contributed by atoms with E-state index in [4.69, 9.17) is 4.74 Å². The number of carbonyl (C=O) groups is 1. The summed E-state index contributed by atoms with van der Waals surface area (Å²) in [6.07, 6.45) is 0.879. The van der Waals surface area contributed by atoms with Crippen molar-refractivity contribution in [2.75, 3.05) is 6.61 Å². The Morgan fingerprint density at radius 1 is 1.00 bits per heavy atom. The lowest BCUT2D eigenvalue weighted by atomic mass is 9.97. The fourth-order valence-corrected chi connectivity index (χ4v) is 6.34. The molecule has 1 aliphatic rings. The molecule has 0 bridgehead atoms. The average Bonchev–Trinajstić information content (AvgIpc) is 3.00. The number of rotatable bonds is 14. The highest BCUT2D eigenvalue weighted by atomic mass is 32.2. The molecule has 0 radical (unpaired) electrons. The summed E-state index contributed by atoms with van der Waals surface area (Å²) in [4.78, 5) is 12.8. The summed E-state index contributed by atoms with van der Waals surface area (Å²) in [6, 6.07) is 16.6. The second kappa shape index (κ2) is 14.7.